The SMILES string of the molecule is C[C@H](O)C[C@@H]1CCCN1c1cc(N2CCC[C@H]2C[C@H](C)O)ncn1. The highest BCUT2D eigenvalue weighted by Crippen LogP contribution is 2.31. The van der Waals surface area contributed by atoms with Gasteiger partial charge in [0, 0.05) is 31.2 Å². The Kier molecular flexibility index (Phi) is 5.56. The van der Waals surface area contributed by atoms with Crippen molar-refractivity contribution in [2.24, 2.45) is 0 Å². The molecule has 0 spiro atoms. The van der Waals surface area contributed by atoms with Crippen LogP contribution < -0.4 is 9.80 Å². The molecule has 0 aliphatic carbocycles. The molecule has 4 atom stereocenters. The lowest BCUT2D eigenvalue weighted by atomic mass is 10.1. The number of anilines is 2. The van der Waals surface area contributed by atoms with Crippen LogP contribution in [-0.4, -0.2) is 57.6 Å². The number of hydrogen-bond donors (Lipinski definition) is 2. The van der Waals surface area contributed by atoms with E-state index in [0.717, 1.165) is 63.3 Å². The molecule has 0 unspecified atom stereocenters. The molecule has 0 amide bonds. The van der Waals surface area contributed by atoms with Crippen LogP contribution in [0.1, 0.15) is 52.4 Å². The third-order valence-electron chi connectivity index (χ3n) is 5.21. The Bertz CT molecular complexity index is 494. The second kappa shape index (κ2) is 7.66. The molecule has 0 aromatic carbocycles. The maximum Gasteiger partial charge on any atom is 0.134 e. The normalized spacial score (nSPS) is 26.8. The topological polar surface area (TPSA) is 72.7 Å². The fourth-order valence-electron chi connectivity index (χ4n) is 4.20. The summed E-state index contributed by atoms with van der Waals surface area (Å²) < 4.78 is 0. The van der Waals surface area contributed by atoms with Gasteiger partial charge in [0.1, 0.15) is 18.0 Å². The summed E-state index contributed by atoms with van der Waals surface area (Å²) in [5, 5.41) is 19.5. The average molecular weight is 334 g/mol. The van der Waals surface area contributed by atoms with Gasteiger partial charge in [-0.3, -0.25) is 0 Å². The molecule has 3 heterocycles. The summed E-state index contributed by atoms with van der Waals surface area (Å²) in [4.78, 5) is 13.6. The van der Waals surface area contributed by atoms with Gasteiger partial charge in [0.15, 0.2) is 0 Å². The molecule has 2 fully saturated rings. The van der Waals surface area contributed by atoms with Crippen LogP contribution in [-0.2, 0) is 0 Å². The van der Waals surface area contributed by atoms with Gasteiger partial charge in [0.05, 0.1) is 12.2 Å². The highest BCUT2D eigenvalue weighted by Gasteiger charge is 2.30. The lowest BCUT2D eigenvalue weighted by molar-refractivity contribution is 0.174. The minimum atomic E-state index is -0.286. The predicted octanol–water partition coefficient (Wildman–Crippen LogP) is 1.96. The van der Waals surface area contributed by atoms with Gasteiger partial charge in [-0.1, -0.05) is 0 Å². The van der Waals surface area contributed by atoms with Gasteiger partial charge in [0.25, 0.3) is 0 Å². The van der Waals surface area contributed by atoms with E-state index in [1.165, 1.54) is 0 Å². The predicted molar refractivity (Wildman–Crippen MR) is 95.4 cm³/mol. The fourth-order valence-corrected chi connectivity index (χ4v) is 4.20. The third-order valence-corrected chi connectivity index (χ3v) is 5.21. The zero-order chi connectivity index (χ0) is 17.1. The van der Waals surface area contributed by atoms with E-state index in [0.29, 0.717) is 12.1 Å². The lowest BCUT2D eigenvalue weighted by Crippen LogP contribution is -2.34. The van der Waals surface area contributed by atoms with Crippen molar-refractivity contribution in [3.63, 3.8) is 0 Å². The Morgan fingerprint density at radius 1 is 0.958 bits per heavy atom. The summed E-state index contributed by atoms with van der Waals surface area (Å²) in [6.07, 6.45) is 7.16. The van der Waals surface area contributed by atoms with E-state index >= 15 is 0 Å². The quantitative estimate of drug-likeness (QED) is 0.828. The largest absolute Gasteiger partial charge is 0.393 e. The summed E-state index contributed by atoms with van der Waals surface area (Å²) >= 11 is 0. The standard InChI is InChI=1S/C18H30N4O2/c1-13(23)9-15-5-3-7-21(15)17-11-18(20-12-19-17)22-8-4-6-16(22)10-14(2)24/h11-16,23-24H,3-10H2,1-2H3/t13-,14-,15-,16-/m0/s1. The van der Waals surface area contributed by atoms with E-state index in [4.69, 9.17) is 0 Å². The van der Waals surface area contributed by atoms with Gasteiger partial charge in [-0.05, 0) is 52.4 Å². The number of rotatable bonds is 6. The van der Waals surface area contributed by atoms with Crippen molar-refractivity contribution in [3.05, 3.63) is 12.4 Å². The Balaban J connectivity index is 1.76. The van der Waals surface area contributed by atoms with Gasteiger partial charge in [-0.25, -0.2) is 9.97 Å². The molecule has 6 heteroatoms. The molecule has 6 nitrogen and oxygen atoms in total. The molecule has 2 aliphatic rings. The summed E-state index contributed by atoms with van der Waals surface area (Å²) in [6, 6.07) is 2.81. The first-order chi connectivity index (χ1) is 11.5. The highest BCUT2D eigenvalue weighted by molar-refractivity contribution is 5.52. The molecule has 0 radical (unpaired) electrons. The Labute approximate surface area is 144 Å². The second-order valence-electron chi connectivity index (χ2n) is 7.38. The molecule has 2 saturated heterocycles. The molecule has 2 aliphatic heterocycles. The van der Waals surface area contributed by atoms with Crippen molar-refractivity contribution in [1.82, 2.24) is 9.97 Å². The number of aliphatic hydroxyl groups excluding tert-OH is 2. The molecule has 24 heavy (non-hydrogen) atoms. The Hall–Kier alpha value is -1.40. The van der Waals surface area contributed by atoms with Crippen molar-refractivity contribution in [3.8, 4) is 0 Å². The summed E-state index contributed by atoms with van der Waals surface area (Å²) in [7, 11) is 0. The molecule has 1 aromatic heterocycles. The second-order valence-corrected chi connectivity index (χ2v) is 7.38. The van der Waals surface area contributed by atoms with Crippen LogP contribution in [0.5, 0.6) is 0 Å². The Morgan fingerprint density at radius 2 is 1.42 bits per heavy atom. The van der Waals surface area contributed by atoms with Crippen LogP contribution in [0, 0.1) is 0 Å². The van der Waals surface area contributed by atoms with Gasteiger partial charge >= 0.3 is 0 Å². The molecular formula is C18H30N4O2. The molecule has 1 aromatic rings. The van der Waals surface area contributed by atoms with E-state index in [1.54, 1.807) is 6.33 Å². The number of aromatic nitrogens is 2. The first kappa shape index (κ1) is 17.4. The zero-order valence-electron chi connectivity index (χ0n) is 14.8. The molecule has 0 bridgehead atoms. The van der Waals surface area contributed by atoms with Crippen molar-refractivity contribution in [2.75, 3.05) is 22.9 Å². The smallest absolute Gasteiger partial charge is 0.134 e. The summed E-state index contributed by atoms with van der Waals surface area (Å²) in [5.41, 5.74) is 0. The number of aliphatic hydroxyl groups is 2. The van der Waals surface area contributed by atoms with Crippen LogP contribution >= 0.6 is 0 Å². The lowest BCUT2D eigenvalue weighted by Gasteiger charge is -2.29. The van der Waals surface area contributed by atoms with Crippen LogP contribution in [0.4, 0.5) is 11.6 Å². The van der Waals surface area contributed by atoms with Crippen molar-refractivity contribution in [1.29, 1.82) is 0 Å². The van der Waals surface area contributed by atoms with Crippen molar-refractivity contribution >= 4 is 11.6 Å². The molecule has 134 valence electrons. The molecular weight excluding hydrogens is 304 g/mol. The average Bonchev–Trinajstić information content (AvgIpc) is 3.15. The fraction of sp³-hybridized carbons (Fsp3) is 0.778. The minimum Gasteiger partial charge on any atom is -0.393 e. The monoisotopic (exact) mass is 334 g/mol. The van der Waals surface area contributed by atoms with Gasteiger partial charge < -0.3 is 20.0 Å². The van der Waals surface area contributed by atoms with E-state index in [9.17, 15) is 10.2 Å². The maximum atomic E-state index is 9.73. The van der Waals surface area contributed by atoms with Gasteiger partial charge in [-0.2, -0.15) is 0 Å². The molecule has 3 rings (SSSR count). The highest BCUT2D eigenvalue weighted by atomic mass is 16.3. The van der Waals surface area contributed by atoms with Crippen LogP contribution in [0.25, 0.3) is 0 Å². The van der Waals surface area contributed by atoms with E-state index in [1.807, 2.05) is 13.8 Å². The van der Waals surface area contributed by atoms with E-state index < -0.39 is 0 Å². The van der Waals surface area contributed by atoms with Crippen LogP contribution in [0.15, 0.2) is 12.4 Å². The molecule has 0 saturated carbocycles. The van der Waals surface area contributed by atoms with Crippen LogP contribution in [0.2, 0.25) is 0 Å². The Morgan fingerprint density at radius 3 is 1.83 bits per heavy atom. The summed E-state index contributed by atoms with van der Waals surface area (Å²) in [5.74, 6) is 1.93. The molecule has 2 N–H and O–H groups in total. The van der Waals surface area contributed by atoms with Crippen LogP contribution in [0.3, 0.4) is 0 Å². The third kappa shape index (κ3) is 3.98. The first-order valence-corrected chi connectivity index (χ1v) is 9.26. The van der Waals surface area contributed by atoms with Crippen molar-refractivity contribution in [2.45, 2.75) is 76.7 Å². The van der Waals surface area contributed by atoms with Crippen molar-refractivity contribution < 1.29 is 10.2 Å². The zero-order valence-corrected chi connectivity index (χ0v) is 14.8. The minimum absolute atomic E-state index is 0.286. The number of hydrogen-bond acceptors (Lipinski definition) is 6. The van der Waals surface area contributed by atoms with Gasteiger partial charge in [-0.15, -0.1) is 0 Å². The van der Waals surface area contributed by atoms with E-state index in [2.05, 4.69) is 25.8 Å². The first-order valence-electron chi connectivity index (χ1n) is 9.26. The maximum absolute atomic E-state index is 9.73. The van der Waals surface area contributed by atoms with Gasteiger partial charge in [0.2, 0.25) is 0 Å². The van der Waals surface area contributed by atoms with E-state index in [-0.39, 0.29) is 12.2 Å². The number of nitrogens with zero attached hydrogens (tertiary/aromatic N) is 4. The summed E-state index contributed by atoms with van der Waals surface area (Å²) in [6.45, 7) is 5.69.